The number of carbonyl (C=O) groups excluding carboxylic acids is 2. The zero-order chi connectivity index (χ0) is 30.2. The van der Waals surface area contributed by atoms with Crippen LogP contribution >= 0.6 is 34.8 Å². The van der Waals surface area contributed by atoms with Gasteiger partial charge in [-0.25, -0.2) is 8.42 Å². The van der Waals surface area contributed by atoms with Gasteiger partial charge in [0, 0.05) is 47.0 Å². The van der Waals surface area contributed by atoms with Gasteiger partial charge < -0.3 is 10.2 Å². The highest BCUT2D eigenvalue weighted by atomic mass is 35.5. The van der Waals surface area contributed by atoms with E-state index in [1.807, 2.05) is 44.2 Å². The van der Waals surface area contributed by atoms with Gasteiger partial charge in [-0.1, -0.05) is 71.2 Å². The average Bonchev–Trinajstić information content (AvgIpc) is 2.90. The topological polar surface area (TPSA) is 86.8 Å². The molecule has 1 atom stereocenters. The first-order valence-corrected chi connectivity index (χ1v) is 16.1. The fraction of sp³-hybridized carbons (Fsp3) is 0.333. The molecule has 0 radical (unpaired) electrons. The number of benzene rings is 3. The van der Waals surface area contributed by atoms with Crippen molar-refractivity contribution in [2.45, 2.75) is 51.7 Å². The lowest BCUT2D eigenvalue weighted by Gasteiger charge is -2.32. The molecule has 0 aliphatic rings. The van der Waals surface area contributed by atoms with Gasteiger partial charge in [0.15, 0.2) is 0 Å². The molecule has 1 N–H and O–H groups in total. The van der Waals surface area contributed by atoms with Crippen LogP contribution in [0.4, 0.5) is 5.69 Å². The van der Waals surface area contributed by atoms with Crippen LogP contribution in [0.15, 0.2) is 72.8 Å². The van der Waals surface area contributed by atoms with E-state index >= 15 is 0 Å². The Morgan fingerprint density at radius 2 is 1.54 bits per heavy atom. The number of rotatable bonds is 13. The van der Waals surface area contributed by atoms with E-state index < -0.39 is 16.1 Å². The van der Waals surface area contributed by atoms with Crippen molar-refractivity contribution < 1.29 is 18.0 Å². The number of hydrogen-bond acceptors (Lipinski definition) is 4. The number of carbonyl (C=O) groups is 2. The minimum atomic E-state index is -3.62. The summed E-state index contributed by atoms with van der Waals surface area (Å²) in [4.78, 5) is 28.9. The summed E-state index contributed by atoms with van der Waals surface area (Å²) in [5, 5.41) is 4.26. The zero-order valence-corrected chi connectivity index (χ0v) is 26.3. The maximum atomic E-state index is 13.9. The first kappa shape index (κ1) is 32.7. The van der Waals surface area contributed by atoms with Gasteiger partial charge in [0.05, 0.1) is 11.9 Å². The summed E-state index contributed by atoms with van der Waals surface area (Å²) >= 11 is 18.5. The predicted octanol–water partition coefficient (Wildman–Crippen LogP) is 6.36. The molecule has 11 heteroatoms. The van der Waals surface area contributed by atoms with Gasteiger partial charge >= 0.3 is 0 Å². The van der Waals surface area contributed by atoms with Crippen molar-refractivity contribution in [2.75, 3.05) is 17.1 Å². The fourth-order valence-corrected chi connectivity index (χ4v) is 5.94. The third kappa shape index (κ3) is 9.92. The Labute approximate surface area is 257 Å². The Balaban J connectivity index is 1.90. The number of amides is 2. The van der Waals surface area contributed by atoms with Gasteiger partial charge in [-0.2, -0.15) is 0 Å². The Kier molecular flexibility index (Phi) is 11.9. The van der Waals surface area contributed by atoms with Crippen LogP contribution in [-0.2, 0) is 32.6 Å². The van der Waals surface area contributed by atoms with Gasteiger partial charge in [0.1, 0.15) is 6.04 Å². The maximum absolute atomic E-state index is 13.9. The molecule has 220 valence electrons. The van der Waals surface area contributed by atoms with E-state index in [0.717, 1.165) is 11.8 Å². The molecule has 0 heterocycles. The predicted molar refractivity (Wildman–Crippen MR) is 167 cm³/mol. The Hall–Kier alpha value is -2.78. The normalized spacial score (nSPS) is 12.2. The van der Waals surface area contributed by atoms with Crippen LogP contribution in [-0.4, -0.2) is 50.0 Å². The lowest BCUT2D eigenvalue weighted by Crippen LogP contribution is -2.51. The molecular formula is C30H34Cl3N3O4S. The highest BCUT2D eigenvalue weighted by Gasteiger charge is 2.31. The molecule has 3 aromatic rings. The van der Waals surface area contributed by atoms with Crippen molar-refractivity contribution in [1.29, 1.82) is 0 Å². The molecular weight excluding hydrogens is 605 g/mol. The van der Waals surface area contributed by atoms with E-state index in [9.17, 15) is 18.0 Å². The Morgan fingerprint density at radius 1 is 0.902 bits per heavy atom. The summed E-state index contributed by atoms with van der Waals surface area (Å²) in [5.74, 6) is -0.596. The van der Waals surface area contributed by atoms with Gasteiger partial charge in [0.25, 0.3) is 0 Å². The first-order valence-electron chi connectivity index (χ1n) is 13.2. The zero-order valence-electron chi connectivity index (χ0n) is 23.2. The van der Waals surface area contributed by atoms with Gasteiger partial charge in [0.2, 0.25) is 21.8 Å². The summed E-state index contributed by atoms with van der Waals surface area (Å²) < 4.78 is 26.4. The van der Waals surface area contributed by atoms with E-state index in [2.05, 4.69) is 5.32 Å². The maximum Gasteiger partial charge on any atom is 0.243 e. The number of halogens is 3. The van der Waals surface area contributed by atoms with Crippen LogP contribution in [0.25, 0.3) is 0 Å². The molecule has 0 aliphatic carbocycles. The van der Waals surface area contributed by atoms with E-state index in [1.54, 1.807) is 42.5 Å². The fourth-order valence-electron chi connectivity index (χ4n) is 4.38. The highest BCUT2D eigenvalue weighted by Crippen LogP contribution is 2.25. The van der Waals surface area contributed by atoms with Crippen LogP contribution in [0.2, 0.25) is 15.1 Å². The van der Waals surface area contributed by atoms with Crippen molar-refractivity contribution in [3.05, 3.63) is 99.0 Å². The summed E-state index contributed by atoms with van der Waals surface area (Å²) in [7, 11) is -3.62. The van der Waals surface area contributed by atoms with Crippen LogP contribution in [0, 0.1) is 0 Å². The van der Waals surface area contributed by atoms with Crippen LogP contribution in [0.1, 0.15) is 37.8 Å². The molecule has 3 aromatic carbocycles. The second-order valence-electron chi connectivity index (χ2n) is 10.0. The molecule has 0 fully saturated rings. The highest BCUT2D eigenvalue weighted by molar-refractivity contribution is 7.92. The second kappa shape index (κ2) is 14.9. The molecule has 0 bridgehead atoms. The molecule has 0 saturated heterocycles. The van der Waals surface area contributed by atoms with Crippen molar-refractivity contribution in [2.24, 2.45) is 0 Å². The lowest BCUT2D eigenvalue weighted by atomic mass is 10.0. The summed E-state index contributed by atoms with van der Waals surface area (Å²) in [6.07, 6.45) is 1.63. The molecule has 7 nitrogen and oxygen atoms in total. The molecule has 3 rings (SSSR count). The molecule has 0 unspecified atom stereocenters. The van der Waals surface area contributed by atoms with Gasteiger partial charge in [-0.3, -0.25) is 13.9 Å². The van der Waals surface area contributed by atoms with E-state index in [4.69, 9.17) is 34.8 Å². The third-order valence-corrected chi connectivity index (χ3v) is 8.36. The third-order valence-electron chi connectivity index (χ3n) is 6.32. The summed E-state index contributed by atoms with van der Waals surface area (Å²) in [6.45, 7) is 3.86. The Bertz CT molecular complexity index is 1440. The van der Waals surface area contributed by atoms with Crippen LogP contribution in [0.3, 0.4) is 0 Å². The number of nitrogens with zero attached hydrogens (tertiary/aromatic N) is 2. The van der Waals surface area contributed by atoms with Crippen LogP contribution < -0.4 is 9.62 Å². The van der Waals surface area contributed by atoms with Crippen molar-refractivity contribution in [3.63, 3.8) is 0 Å². The van der Waals surface area contributed by atoms with E-state index in [1.165, 1.54) is 9.21 Å². The molecule has 2 amide bonds. The lowest BCUT2D eigenvalue weighted by molar-refractivity contribution is -0.141. The number of anilines is 1. The van der Waals surface area contributed by atoms with Gasteiger partial charge in [-0.15, -0.1) is 0 Å². The van der Waals surface area contributed by atoms with E-state index in [0.29, 0.717) is 26.3 Å². The molecule has 0 aromatic heterocycles. The first-order chi connectivity index (χ1) is 19.3. The monoisotopic (exact) mass is 637 g/mol. The molecule has 0 spiro atoms. The molecule has 0 aliphatic heterocycles. The van der Waals surface area contributed by atoms with Crippen molar-refractivity contribution in [3.8, 4) is 0 Å². The van der Waals surface area contributed by atoms with Crippen LogP contribution in [0.5, 0.6) is 0 Å². The van der Waals surface area contributed by atoms with Crippen molar-refractivity contribution >= 4 is 62.3 Å². The number of hydrogen-bond donors (Lipinski definition) is 1. The summed E-state index contributed by atoms with van der Waals surface area (Å²) in [5.41, 5.74) is 1.98. The number of nitrogens with one attached hydrogen (secondary N) is 1. The molecule has 0 saturated carbocycles. The smallest absolute Gasteiger partial charge is 0.243 e. The minimum absolute atomic E-state index is 0.00503. The standard InChI is InChI=1S/C30H34Cl3N3O4S/c1-21(2)34-30(38)28(18-22-8-5-4-6-9-22)35(20-23-11-12-25(32)19-27(23)33)29(37)10-7-17-36(41(3,39)40)26-15-13-24(31)14-16-26/h4-6,8-9,11-16,19,21,28H,7,10,17-18,20H2,1-3H3,(H,34,38)/t28-/m1/s1. The largest absolute Gasteiger partial charge is 0.352 e. The average molecular weight is 639 g/mol. The van der Waals surface area contributed by atoms with E-state index in [-0.39, 0.29) is 50.2 Å². The Morgan fingerprint density at radius 3 is 2.12 bits per heavy atom. The van der Waals surface area contributed by atoms with Gasteiger partial charge in [-0.05, 0) is 67.8 Å². The second-order valence-corrected chi connectivity index (χ2v) is 13.2. The van der Waals surface area contributed by atoms with Crippen molar-refractivity contribution in [1.82, 2.24) is 10.2 Å². The minimum Gasteiger partial charge on any atom is -0.352 e. The number of sulfonamides is 1. The summed E-state index contributed by atoms with van der Waals surface area (Å²) in [6, 6.07) is 20.0. The SMILES string of the molecule is CC(C)NC(=O)[C@@H](Cc1ccccc1)N(Cc1ccc(Cl)cc1Cl)C(=O)CCCN(c1ccc(Cl)cc1)S(C)(=O)=O. The molecule has 41 heavy (non-hydrogen) atoms. The quantitative estimate of drug-likeness (QED) is 0.236.